The van der Waals surface area contributed by atoms with Gasteiger partial charge >= 0.3 is 0 Å². The molecule has 1 aliphatic carbocycles. The molecule has 0 saturated heterocycles. The molecule has 4 heteroatoms. The minimum Gasteiger partial charge on any atom is -0.508 e. The first-order chi connectivity index (χ1) is 6.72. The molecule has 0 heterocycles. The van der Waals surface area contributed by atoms with Gasteiger partial charge in [0.2, 0.25) is 0 Å². The van der Waals surface area contributed by atoms with Crippen LogP contribution >= 0.6 is 12.4 Å². The first kappa shape index (κ1) is 12.1. The Kier molecular flexibility index (Phi) is 3.83. The minimum atomic E-state index is 0. The molecule has 0 amide bonds. The quantitative estimate of drug-likeness (QED) is 0.836. The van der Waals surface area contributed by atoms with Gasteiger partial charge in [-0.25, -0.2) is 0 Å². The first-order valence-corrected chi connectivity index (χ1v) is 4.85. The third-order valence-corrected chi connectivity index (χ3v) is 2.71. The first-order valence-electron chi connectivity index (χ1n) is 4.85. The van der Waals surface area contributed by atoms with Crippen molar-refractivity contribution in [2.45, 2.75) is 18.9 Å². The monoisotopic (exact) mass is 229 g/mol. The molecule has 1 atom stereocenters. The molecule has 0 aromatic heterocycles. The fourth-order valence-corrected chi connectivity index (χ4v) is 1.68. The van der Waals surface area contributed by atoms with Gasteiger partial charge in [-0.3, -0.25) is 0 Å². The summed E-state index contributed by atoms with van der Waals surface area (Å²) >= 11 is 0. The summed E-state index contributed by atoms with van der Waals surface area (Å²) in [5.41, 5.74) is 7.06. The molecule has 3 nitrogen and oxygen atoms in total. The van der Waals surface area contributed by atoms with Crippen LogP contribution in [0.2, 0.25) is 0 Å². The largest absolute Gasteiger partial charge is 0.508 e. The second-order valence-electron chi connectivity index (χ2n) is 3.79. The Morgan fingerprint density at radius 1 is 1.47 bits per heavy atom. The van der Waals surface area contributed by atoms with Gasteiger partial charge in [-0.05, 0) is 24.8 Å². The molecule has 0 unspecified atom stereocenters. The van der Waals surface area contributed by atoms with Crippen molar-refractivity contribution in [2.24, 2.45) is 11.7 Å². The molecule has 1 fully saturated rings. The lowest BCUT2D eigenvalue weighted by molar-refractivity contribution is 0.396. The van der Waals surface area contributed by atoms with Crippen molar-refractivity contribution >= 4 is 12.4 Å². The molecule has 3 N–H and O–H groups in total. The van der Waals surface area contributed by atoms with Crippen LogP contribution in [0.5, 0.6) is 11.5 Å². The predicted octanol–water partition coefficient (Wildman–Crippen LogP) is 2.23. The van der Waals surface area contributed by atoms with Crippen molar-refractivity contribution in [3.05, 3.63) is 23.8 Å². The number of hydrogen-bond acceptors (Lipinski definition) is 3. The van der Waals surface area contributed by atoms with E-state index in [0.29, 0.717) is 11.7 Å². The van der Waals surface area contributed by atoms with Crippen molar-refractivity contribution < 1.29 is 9.84 Å². The summed E-state index contributed by atoms with van der Waals surface area (Å²) in [6.45, 7) is 0. The third kappa shape index (κ3) is 2.55. The van der Waals surface area contributed by atoms with E-state index in [4.69, 9.17) is 10.5 Å². The number of aromatic hydroxyl groups is 1. The second-order valence-corrected chi connectivity index (χ2v) is 3.79. The summed E-state index contributed by atoms with van der Waals surface area (Å²) < 4.78 is 5.19. The standard InChI is InChI=1S/C11H15NO2.ClH/c1-14-10-6-8(13)4-5-9(10)11(12)7-2-3-7;/h4-7,11,13H,2-3,12H2,1H3;1H/t11-;/m0./s1. The van der Waals surface area contributed by atoms with Gasteiger partial charge in [-0.1, -0.05) is 6.07 Å². The van der Waals surface area contributed by atoms with E-state index in [-0.39, 0.29) is 24.2 Å². The van der Waals surface area contributed by atoms with E-state index in [1.54, 1.807) is 19.2 Å². The lowest BCUT2D eigenvalue weighted by Gasteiger charge is -2.14. The van der Waals surface area contributed by atoms with Crippen LogP contribution in [-0.4, -0.2) is 12.2 Å². The highest BCUT2D eigenvalue weighted by atomic mass is 35.5. The molecule has 1 aromatic carbocycles. The van der Waals surface area contributed by atoms with Crippen LogP contribution in [0.1, 0.15) is 24.4 Å². The number of ether oxygens (including phenoxy) is 1. The Balaban J connectivity index is 0.00000112. The van der Waals surface area contributed by atoms with Crippen LogP contribution in [0.15, 0.2) is 18.2 Å². The summed E-state index contributed by atoms with van der Waals surface area (Å²) in [4.78, 5) is 0. The fraction of sp³-hybridized carbons (Fsp3) is 0.455. The molecule has 84 valence electrons. The van der Waals surface area contributed by atoms with Crippen LogP contribution in [0, 0.1) is 5.92 Å². The topological polar surface area (TPSA) is 55.5 Å². The predicted molar refractivity (Wildman–Crippen MR) is 61.6 cm³/mol. The Hall–Kier alpha value is -0.930. The zero-order valence-electron chi connectivity index (χ0n) is 8.64. The van der Waals surface area contributed by atoms with Crippen LogP contribution < -0.4 is 10.5 Å². The second kappa shape index (κ2) is 4.73. The number of methoxy groups -OCH3 is 1. The maximum Gasteiger partial charge on any atom is 0.127 e. The van der Waals surface area contributed by atoms with E-state index in [0.717, 1.165) is 5.56 Å². The van der Waals surface area contributed by atoms with Gasteiger partial charge in [0.1, 0.15) is 11.5 Å². The Bertz CT molecular complexity index is 339. The average Bonchev–Trinajstić information content (AvgIpc) is 3.00. The molecule has 2 rings (SSSR count). The van der Waals surface area contributed by atoms with Gasteiger partial charge in [0, 0.05) is 17.7 Å². The van der Waals surface area contributed by atoms with Crippen molar-refractivity contribution in [1.29, 1.82) is 0 Å². The van der Waals surface area contributed by atoms with E-state index < -0.39 is 0 Å². The number of halogens is 1. The van der Waals surface area contributed by atoms with E-state index in [1.165, 1.54) is 12.8 Å². The summed E-state index contributed by atoms with van der Waals surface area (Å²) in [5.74, 6) is 1.49. The summed E-state index contributed by atoms with van der Waals surface area (Å²) in [5, 5.41) is 9.28. The molecule has 1 aromatic rings. The summed E-state index contributed by atoms with van der Waals surface area (Å²) in [6, 6.07) is 5.15. The van der Waals surface area contributed by atoms with Gasteiger partial charge < -0.3 is 15.6 Å². The normalized spacial score (nSPS) is 16.7. The van der Waals surface area contributed by atoms with Crippen LogP contribution in [0.25, 0.3) is 0 Å². The fourth-order valence-electron chi connectivity index (χ4n) is 1.68. The number of hydrogen-bond donors (Lipinski definition) is 2. The van der Waals surface area contributed by atoms with E-state index in [9.17, 15) is 5.11 Å². The van der Waals surface area contributed by atoms with E-state index in [1.807, 2.05) is 6.07 Å². The number of benzene rings is 1. The highest BCUT2D eigenvalue weighted by Gasteiger charge is 2.31. The Labute approximate surface area is 95.7 Å². The Morgan fingerprint density at radius 2 is 2.13 bits per heavy atom. The molecule has 1 aliphatic rings. The minimum absolute atomic E-state index is 0. The van der Waals surface area contributed by atoms with Gasteiger partial charge in [0.25, 0.3) is 0 Å². The molecule has 0 radical (unpaired) electrons. The number of rotatable bonds is 3. The Morgan fingerprint density at radius 3 is 2.67 bits per heavy atom. The third-order valence-electron chi connectivity index (χ3n) is 2.71. The maximum atomic E-state index is 9.28. The number of nitrogens with two attached hydrogens (primary N) is 1. The molecule has 15 heavy (non-hydrogen) atoms. The highest BCUT2D eigenvalue weighted by molar-refractivity contribution is 5.85. The van der Waals surface area contributed by atoms with Crippen molar-refractivity contribution in [1.82, 2.24) is 0 Å². The number of phenolic OH excluding ortho intramolecular Hbond substituents is 1. The van der Waals surface area contributed by atoms with Gasteiger partial charge in [0.05, 0.1) is 7.11 Å². The lowest BCUT2D eigenvalue weighted by atomic mass is 10.0. The van der Waals surface area contributed by atoms with Crippen LogP contribution in [-0.2, 0) is 0 Å². The van der Waals surface area contributed by atoms with E-state index >= 15 is 0 Å². The van der Waals surface area contributed by atoms with Crippen molar-refractivity contribution in [2.75, 3.05) is 7.11 Å². The van der Waals surface area contributed by atoms with Crippen molar-refractivity contribution in [3.63, 3.8) is 0 Å². The smallest absolute Gasteiger partial charge is 0.127 e. The summed E-state index contributed by atoms with van der Waals surface area (Å²) in [7, 11) is 1.60. The molecule has 0 aliphatic heterocycles. The number of phenols is 1. The van der Waals surface area contributed by atoms with Crippen molar-refractivity contribution in [3.8, 4) is 11.5 Å². The maximum absolute atomic E-state index is 9.28. The van der Waals surface area contributed by atoms with Gasteiger partial charge in [0.15, 0.2) is 0 Å². The zero-order valence-corrected chi connectivity index (χ0v) is 9.46. The van der Waals surface area contributed by atoms with Gasteiger partial charge in [-0.15, -0.1) is 12.4 Å². The summed E-state index contributed by atoms with van der Waals surface area (Å²) in [6.07, 6.45) is 2.40. The van der Waals surface area contributed by atoms with E-state index in [2.05, 4.69) is 0 Å². The SMILES string of the molecule is COc1cc(O)ccc1[C@@H](N)C1CC1.Cl. The van der Waals surface area contributed by atoms with Gasteiger partial charge in [-0.2, -0.15) is 0 Å². The molecule has 0 bridgehead atoms. The molecule has 0 spiro atoms. The average molecular weight is 230 g/mol. The molecular weight excluding hydrogens is 214 g/mol. The molecular formula is C11H16ClNO2. The molecule has 1 saturated carbocycles. The lowest BCUT2D eigenvalue weighted by Crippen LogP contribution is -2.13. The zero-order chi connectivity index (χ0) is 10.1. The van der Waals surface area contributed by atoms with Crippen LogP contribution in [0.4, 0.5) is 0 Å². The van der Waals surface area contributed by atoms with Crippen LogP contribution in [0.3, 0.4) is 0 Å². The highest BCUT2D eigenvalue weighted by Crippen LogP contribution is 2.42.